The fourth-order valence-corrected chi connectivity index (χ4v) is 1.91. The smallest absolute Gasteiger partial charge is 0.310 e. The minimum atomic E-state index is -0.0263. The summed E-state index contributed by atoms with van der Waals surface area (Å²) in [6, 6.07) is 0.327. The fourth-order valence-electron chi connectivity index (χ4n) is 1.91. The Bertz CT molecular complexity index is 170. The lowest BCUT2D eigenvalue weighted by Crippen LogP contribution is -2.44. The van der Waals surface area contributed by atoms with Crippen molar-refractivity contribution in [2.24, 2.45) is 5.92 Å². The van der Waals surface area contributed by atoms with E-state index in [1.54, 1.807) is 0 Å². The molecule has 0 saturated carbocycles. The van der Waals surface area contributed by atoms with Crippen LogP contribution in [0.5, 0.6) is 0 Å². The van der Waals surface area contributed by atoms with Gasteiger partial charge in [-0.25, -0.2) is 0 Å². The summed E-state index contributed by atoms with van der Waals surface area (Å²) in [5.41, 5.74) is 0. The number of ether oxygens (including phenoxy) is 1. The lowest BCUT2D eigenvalue weighted by molar-refractivity contribution is -0.150. The highest BCUT2D eigenvalue weighted by molar-refractivity contribution is 5.73. The van der Waals surface area contributed by atoms with E-state index in [4.69, 9.17) is 4.74 Å². The first-order valence-corrected chi connectivity index (χ1v) is 5.19. The Hall–Kier alpha value is -0.570. The topological polar surface area (TPSA) is 38.3 Å². The van der Waals surface area contributed by atoms with E-state index in [9.17, 15) is 4.79 Å². The first kappa shape index (κ1) is 10.5. The van der Waals surface area contributed by atoms with Crippen molar-refractivity contribution in [3.8, 4) is 0 Å². The molecule has 0 aromatic rings. The number of hydrogen-bond acceptors (Lipinski definition) is 3. The van der Waals surface area contributed by atoms with E-state index in [0.29, 0.717) is 12.6 Å². The van der Waals surface area contributed by atoms with Gasteiger partial charge in [0.25, 0.3) is 0 Å². The van der Waals surface area contributed by atoms with Crippen LogP contribution >= 0.6 is 0 Å². The van der Waals surface area contributed by atoms with Crippen molar-refractivity contribution in [1.29, 1.82) is 0 Å². The monoisotopic (exact) mass is 185 g/mol. The maximum Gasteiger partial charge on any atom is 0.310 e. The third-order valence-electron chi connectivity index (χ3n) is 2.61. The summed E-state index contributed by atoms with van der Waals surface area (Å²) in [7, 11) is 0. The van der Waals surface area contributed by atoms with Crippen LogP contribution in [0.1, 0.15) is 33.1 Å². The van der Waals surface area contributed by atoms with Crippen LogP contribution in [-0.2, 0) is 9.53 Å². The fraction of sp³-hybridized carbons (Fsp3) is 0.900. The molecule has 0 aromatic carbocycles. The van der Waals surface area contributed by atoms with E-state index in [-0.39, 0.29) is 11.9 Å². The molecule has 1 heterocycles. The summed E-state index contributed by atoms with van der Waals surface area (Å²) in [5.74, 6) is 0.0558. The van der Waals surface area contributed by atoms with Gasteiger partial charge in [-0.15, -0.1) is 0 Å². The average molecular weight is 185 g/mol. The minimum absolute atomic E-state index is 0.0263. The van der Waals surface area contributed by atoms with Gasteiger partial charge in [-0.2, -0.15) is 0 Å². The number of carbonyl (C=O) groups is 1. The number of piperidine rings is 1. The van der Waals surface area contributed by atoms with E-state index in [0.717, 1.165) is 25.8 Å². The minimum Gasteiger partial charge on any atom is -0.466 e. The summed E-state index contributed by atoms with van der Waals surface area (Å²) in [4.78, 5) is 11.5. The van der Waals surface area contributed by atoms with Gasteiger partial charge in [0, 0.05) is 6.04 Å². The molecule has 0 spiro atoms. The molecule has 1 saturated heterocycles. The van der Waals surface area contributed by atoms with Crippen LogP contribution in [0.4, 0.5) is 0 Å². The summed E-state index contributed by atoms with van der Waals surface area (Å²) >= 11 is 0. The van der Waals surface area contributed by atoms with Gasteiger partial charge < -0.3 is 10.1 Å². The van der Waals surface area contributed by atoms with Gasteiger partial charge in [-0.3, -0.25) is 4.79 Å². The molecule has 0 bridgehead atoms. The molecule has 1 aliphatic heterocycles. The molecular weight excluding hydrogens is 166 g/mol. The van der Waals surface area contributed by atoms with Crippen molar-refractivity contribution in [2.45, 2.75) is 39.2 Å². The van der Waals surface area contributed by atoms with Crippen molar-refractivity contribution < 1.29 is 9.53 Å². The number of nitrogens with one attached hydrogen (secondary N) is 1. The largest absolute Gasteiger partial charge is 0.466 e. The van der Waals surface area contributed by atoms with Gasteiger partial charge in [0.05, 0.1) is 12.5 Å². The molecular formula is C10H19NO2. The molecule has 1 fully saturated rings. The van der Waals surface area contributed by atoms with Gasteiger partial charge >= 0.3 is 5.97 Å². The molecule has 0 radical (unpaired) electrons. The van der Waals surface area contributed by atoms with Crippen LogP contribution < -0.4 is 5.32 Å². The van der Waals surface area contributed by atoms with E-state index < -0.39 is 0 Å². The highest BCUT2D eigenvalue weighted by atomic mass is 16.5. The van der Waals surface area contributed by atoms with E-state index in [1.165, 1.54) is 0 Å². The lowest BCUT2D eigenvalue weighted by atomic mass is 9.89. The first-order chi connectivity index (χ1) is 6.29. The molecule has 13 heavy (non-hydrogen) atoms. The molecule has 76 valence electrons. The SMILES string of the molecule is CCOC(=O)[C@@H]1CCCN[C@@H]1CC. The molecule has 0 amide bonds. The summed E-state index contributed by atoms with van der Waals surface area (Å²) in [6.45, 7) is 5.49. The Labute approximate surface area is 79.8 Å². The Kier molecular flexibility index (Phi) is 4.22. The highest BCUT2D eigenvalue weighted by Gasteiger charge is 2.30. The van der Waals surface area contributed by atoms with Gasteiger partial charge in [0.1, 0.15) is 0 Å². The van der Waals surface area contributed by atoms with Crippen LogP contribution in [0.2, 0.25) is 0 Å². The van der Waals surface area contributed by atoms with Gasteiger partial charge in [-0.05, 0) is 32.7 Å². The number of carbonyl (C=O) groups excluding carboxylic acids is 1. The zero-order valence-electron chi connectivity index (χ0n) is 8.51. The molecule has 0 aromatic heterocycles. The van der Waals surface area contributed by atoms with Gasteiger partial charge in [0.2, 0.25) is 0 Å². The van der Waals surface area contributed by atoms with Gasteiger partial charge in [0.15, 0.2) is 0 Å². The molecule has 0 aliphatic carbocycles. The third kappa shape index (κ3) is 2.69. The van der Waals surface area contributed by atoms with Crippen LogP contribution in [0.15, 0.2) is 0 Å². The van der Waals surface area contributed by atoms with Crippen molar-refractivity contribution in [3.05, 3.63) is 0 Å². The maximum absolute atomic E-state index is 11.5. The second-order valence-electron chi connectivity index (χ2n) is 3.47. The molecule has 2 atom stereocenters. The quantitative estimate of drug-likeness (QED) is 0.674. The normalized spacial score (nSPS) is 28.5. The molecule has 1 N–H and O–H groups in total. The predicted octanol–water partition coefficient (Wildman–Crippen LogP) is 1.33. The second-order valence-corrected chi connectivity index (χ2v) is 3.47. The van der Waals surface area contributed by atoms with E-state index in [2.05, 4.69) is 12.2 Å². The number of esters is 1. The van der Waals surface area contributed by atoms with Crippen molar-refractivity contribution in [3.63, 3.8) is 0 Å². The van der Waals surface area contributed by atoms with Crippen molar-refractivity contribution in [1.82, 2.24) is 5.32 Å². The maximum atomic E-state index is 11.5. The Morgan fingerprint density at radius 3 is 2.92 bits per heavy atom. The zero-order valence-corrected chi connectivity index (χ0v) is 8.51. The average Bonchev–Trinajstić information content (AvgIpc) is 2.18. The molecule has 1 aliphatic rings. The van der Waals surface area contributed by atoms with E-state index >= 15 is 0 Å². The lowest BCUT2D eigenvalue weighted by Gasteiger charge is -2.30. The standard InChI is InChI=1S/C10H19NO2/c1-3-9-8(6-5-7-11-9)10(12)13-4-2/h8-9,11H,3-7H2,1-2H3/t8-,9-/m1/s1. The van der Waals surface area contributed by atoms with Gasteiger partial charge in [-0.1, -0.05) is 6.92 Å². The second kappa shape index (κ2) is 5.22. The van der Waals surface area contributed by atoms with Crippen LogP contribution in [0.3, 0.4) is 0 Å². The third-order valence-corrected chi connectivity index (χ3v) is 2.61. The highest BCUT2D eigenvalue weighted by Crippen LogP contribution is 2.20. The number of rotatable bonds is 3. The summed E-state index contributed by atoms with van der Waals surface area (Å²) in [5, 5.41) is 3.36. The molecule has 3 heteroatoms. The molecule has 0 unspecified atom stereocenters. The predicted molar refractivity (Wildman–Crippen MR) is 51.4 cm³/mol. The molecule has 3 nitrogen and oxygen atoms in total. The first-order valence-electron chi connectivity index (χ1n) is 5.19. The Balaban J connectivity index is 2.48. The summed E-state index contributed by atoms with van der Waals surface area (Å²) < 4.78 is 5.03. The summed E-state index contributed by atoms with van der Waals surface area (Å²) in [6.07, 6.45) is 3.06. The van der Waals surface area contributed by atoms with Crippen LogP contribution in [0.25, 0.3) is 0 Å². The Morgan fingerprint density at radius 2 is 2.31 bits per heavy atom. The van der Waals surface area contributed by atoms with Crippen LogP contribution in [-0.4, -0.2) is 25.2 Å². The van der Waals surface area contributed by atoms with Crippen molar-refractivity contribution >= 4 is 5.97 Å². The Morgan fingerprint density at radius 1 is 1.54 bits per heavy atom. The molecule has 1 rings (SSSR count). The van der Waals surface area contributed by atoms with Crippen LogP contribution in [0, 0.1) is 5.92 Å². The van der Waals surface area contributed by atoms with Crippen molar-refractivity contribution in [2.75, 3.05) is 13.2 Å². The number of hydrogen-bond donors (Lipinski definition) is 1. The zero-order chi connectivity index (χ0) is 9.68. The van der Waals surface area contributed by atoms with E-state index in [1.807, 2.05) is 6.92 Å².